The highest BCUT2D eigenvalue weighted by Crippen LogP contribution is 2.19. The van der Waals surface area contributed by atoms with Gasteiger partial charge in [-0.3, -0.25) is 4.79 Å². The number of ether oxygens (including phenoxy) is 2. The standard InChI is InChI=1S/C14H20N2O3/c1-18-14(17)6-11-19-13-4-2-12(3-5-13)16-9-7-15-8-10-16/h2-5,15H,6-11H2,1H3. The lowest BCUT2D eigenvalue weighted by molar-refractivity contribution is -0.141. The molecule has 0 unspecified atom stereocenters. The highest BCUT2D eigenvalue weighted by molar-refractivity contribution is 5.69. The van der Waals surface area contributed by atoms with Crippen LogP contribution in [0.5, 0.6) is 5.75 Å². The van der Waals surface area contributed by atoms with E-state index in [1.54, 1.807) is 0 Å². The van der Waals surface area contributed by atoms with E-state index < -0.39 is 0 Å². The van der Waals surface area contributed by atoms with Gasteiger partial charge >= 0.3 is 5.97 Å². The fraction of sp³-hybridized carbons (Fsp3) is 0.500. The first-order valence-corrected chi connectivity index (χ1v) is 6.55. The van der Waals surface area contributed by atoms with Crippen LogP contribution in [-0.2, 0) is 9.53 Å². The van der Waals surface area contributed by atoms with Crippen LogP contribution in [0.25, 0.3) is 0 Å². The van der Waals surface area contributed by atoms with Crippen molar-refractivity contribution in [3.05, 3.63) is 24.3 Å². The number of carbonyl (C=O) groups is 1. The Hall–Kier alpha value is -1.75. The number of esters is 1. The molecule has 2 rings (SSSR count). The molecule has 1 aliphatic rings. The summed E-state index contributed by atoms with van der Waals surface area (Å²) < 4.78 is 10.0. The zero-order valence-electron chi connectivity index (χ0n) is 11.2. The SMILES string of the molecule is COC(=O)CCOc1ccc(N2CCNCC2)cc1. The van der Waals surface area contributed by atoms with Crippen LogP contribution in [0.2, 0.25) is 0 Å². The summed E-state index contributed by atoms with van der Waals surface area (Å²) in [5.41, 5.74) is 1.21. The molecule has 1 aromatic carbocycles. The Morgan fingerprint density at radius 1 is 1.26 bits per heavy atom. The number of nitrogens with zero attached hydrogens (tertiary/aromatic N) is 1. The average molecular weight is 264 g/mol. The highest BCUT2D eigenvalue weighted by Gasteiger charge is 2.10. The van der Waals surface area contributed by atoms with Gasteiger partial charge in [0.05, 0.1) is 20.1 Å². The van der Waals surface area contributed by atoms with Gasteiger partial charge in [0.15, 0.2) is 0 Å². The topological polar surface area (TPSA) is 50.8 Å². The van der Waals surface area contributed by atoms with Crippen LogP contribution in [0.15, 0.2) is 24.3 Å². The van der Waals surface area contributed by atoms with Crippen LogP contribution in [0.3, 0.4) is 0 Å². The summed E-state index contributed by atoms with van der Waals surface area (Å²) in [4.78, 5) is 13.3. The summed E-state index contributed by atoms with van der Waals surface area (Å²) in [6.45, 7) is 4.46. The summed E-state index contributed by atoms with van der Waals surface area (Å²) in [5.74, 6) is 0.528. The summed E-state index contributed by atoms with van der Waals surface area (Å²) >= 11 is 0. The molecule has 0 saturated carbocycles. The number of nitrogens with one attached hydrogen (secondary N) is 1. The van der Waals surface area contributed by atoms with Crippen LogP contribution in [0.4, 0.5) is 5.69 Å². The van der Waals surface area contributed by atoms with E-state index in [0.29, 0.717) is 6.61 Å². The molecule has 0 aromatic heterocycles. The minimum Gasteiger partial charge on any atom is -0.493 e. The lowest BCUT2D eigenvalue weighted by Crippen LogP contribution is -2.43. The van der Waals surface area contributed by atoms with Crippen LogP contribution in [0, 0.1) is 0 Å². The second-order valence-electron chi connectivity index (χ2n) is 4.41. The van der Waals surface area contributed by atoms with Crippen molar-refractivity contribution in [1.29, 1.82) is 0 Å². The summed E-state index contributed by atoms with van der Waals surface area (Å²) in [5, 5.41) is 3.33. The maximum absolute atomic E-state index is 10.9. The Morgan fingerprint density at radius 3 is 2.58 bits per heavy atom. The fourth-order valence-corrected chi connectivity index (χ4v) is 2.03. The van der Waals surface area contributed by atoms with E-state index in [-0.39, 0.29) is 12.4 Å². The van der Waals surface area contributed by atoms with Crippen molar-refractivity contribution in [1.82, 2.24) is 5.32 Å². The van der Waals surface area contributed by atoms with E-state index in [1.165, 1.54) is 12.8 Å². The third-order valence-electron chi connectivity index (χ3n) is 3.12. The second-order valence-corrected chi connectivity index (χ2v) is 4.41. The van der Waals surface area contributed by atoms with E-state index in [9.17, 15) is 4.79 Å². The number of rotatable bonds is 5. The minimum atomic E-state index is -0.252. The molecule has 1 fully saturated rings. The number of carbonyl (C=O) groups excluding carboxylic acids is 1. The molecule has 1 N–H and O–H groups in total. The zero-order valence-corrected chi connectivity index (χ0v) is 11.2. The van der Waals surface area contributed by atoms with Crippen molar-refractivity contribution in [2.75, 3.05) is 44.8 Å². The minimum absolute atomic E-state index is 0.252. The number of methoxy groups -OCH3 is 1. The number of benzene rings is 1. The summed E-state index contributed by atoms with van der Waals surface area (Å²) in [6.07, 6.45) is 0.274. The van der Waals surface area contributed by atoms with Crippen molar-refractivity contribution in [3.8, 4) is 5.75 Å². The first-order valence-electron chi connectivity index (χ1n) is 6.55. The summed E-state index contributed by atoms with van der Waals surface area (Å²) in [7, 11) is 1.38. The van der Waals surface area contributed by atoms with E-state index in [2.05, 4.69) is 27.1 Å². The molecular formula is C14H20N2O3. The van der Waals surface area contributed by atoms with Crippen LogP contribution in [0.1, 0.15) is 6.42 Å². The second kappa shape index (κ2) is 6.99. The maximum Gasteiger partial charge on any atom is 0.308 e. The van der Waals surface area contributed by atoms with Gasteiger partial charge in [-0.25, -0.2) is 0 Å². The molecule has 1 heterocycles. The Morgan fingerprint density at radius 2 is 1.95 bits per heavy atom. The van der Waals surface area contributed by atoms with Gasteiger partial charge < -0.3 is 19.7 Å². The molecule has 104 valence electrons. The zero-order chi connectivity index (χ0) is 13.5. The normalized spacial score (nSPS) is 15.1. The number of hydrogen-bond acceptors (Lipinski definition) is 5. The molecule has 5 nitrogen and oxygen atoms in total. The number of piperazine rings is 1. The first kappa shape index (κ1) is 13.7. The quantitative estimate of drug-likeness (QED) is 0.805. The van der Waals surface area contributed by atoms with E-state index >= 15 is 0 Å². The lowest BCUT2D eigenvalue weighted by atomic mass is 10.2. The van der Waals surface area contributed by atoms with E-state index in [0.717, 1.165) is 31.9 Å². The largest absolute Gasteiger partial charge is 0.493 e. The molecule has 1 saturated heterocycles. The molecule has 0 bridgehead atoms. The van der Waals surface area contributed by atoms with Crippen molar-refractivity contribution in [3.63, 3.8) is 0 Å². The molecular weight excluding hydrogens is 244 g/mol. The maximum atomic E-state index is 10.9. The monoisotopic (exact) mass is 264 g/mol. The molecule has 0 radical (unpaired) electrons. The van der Waals surface area contributed by atoms with Gasteiger partial charge in [-0.2, -0.15) is 0 Å². The Balaban J connectivity index is 1.82. The third kappa shape index (κ3) is 4.13. The van der Waals surface area contributed by atoms with Crippen LogP contribution >= 0.6 is 0 Å². The van der Waals surface area contributed by atoms with Gasteiger partial charge in [-0.15, -0.1) is 0 Å². The Kier molecular flexibility index (Phi) is 5.03. The number of hydrogen-bond donors (Lipinski definition) is 1. The lowest BCUT2D eigenvalue weighted by Gasteiger charge is -2.29. The predicted molar refractivity (Wildman–Crippen MR) is 73.7 cm³/mol. The molecule has 5 heteroatoms. The third-order valence-corrected chi connectivity index (χ3v) is 3.12. The van der Waals surface area contributed by atoms with E-state index in [1.807, 2.05) is 12.1 Å². The molecule has 0 spiro atoms. The molecule has 19 heavy (non-hydrogen) atoms. The molecule has 0 amide bonds. The Labute approximate surface area is 113 Å². The van der Waals surface area contributed by atoms with E-state index in [4.69, 9.17) is 4.74 Å². The van der Waals surface area contributed by atoms with Gasteiger partial charge in [-0.1, -0.05) is 0 Å². The fourth-order valence-electron chi connectivity index (χ4n) is 2.03. The molecule has 0 atom stereocenters. The van der Waals surface area contributed by atoms with Crippen LogP contribution in [-0.4, -0.2) is 45.9 Å². The Bertz CT molecular complexity index is 400. The summed E-state index contributed by atoms with van der Waals surface area (Å²) in [6, 6.07) is 7.99. The van der Waals surface area contributed by atoms with Crippen molar-refractivity contribution < 1.29 is 14.3 Å². The van der Waals surface area contributed by atoms with Crippen LogP contribution < -0.4 is 15.0 Å². The van der Waals surface area contributed by atoms with Gasteiger partial charge in [0.1, 0.15) is 5.75 Å². The molecule has 1 aromatic rings. The molecule has 0 aliphatic carbocycles. The smallest absolute Gasteiger partial charge is 0.308 e. The molecule has 1 aliphatic heterocycles. The average Bonchev–Trinajstić information content (AvgIpc) is 2.48. The highest BCUT2D eigenvalue weighted by atomic mass is 16.5. The van der Waals surface area contributed by atoms with Gasteiger partial charge in [0.25, 0.3) is 0 Å². The van der Waals surface area contributed by atoms with Crippen molar-refractivity contribution in [2.45, 2.75) is 6.42 Å². The van der Waals surface area contributed by atoms with Gasteiger partial charge in [-0.05, 0) is 24.3 Å². The number of anilines is 1. The van der Waals surface area contributed by atoms with Gasteiger partial charge in [0.2, 0.25) is 0 Å². The van der Waals surface area contributed by atoms with Crippen molar-refractivity contribution >= 4 is 11.7 Å². The first-order chi connectivity index (χ1) is 9.29. The van der Waals surface area contributed by atoms with Gasteiger partial charge in [0, 0.05) is 31.9 Å². The predicted octanol–water partition coefficient (Wildman–Crippen LogP) is 1.04. The van der Waals surface area contributed by atoms with Crippen molar-refractivity contribution in [2.24, 2.45) is 0 Å².